The van der Waals surface area contributed by atoms with Crippen LogP contribution in [0.15, 0.2) is 164 Å². The van der Waals surface area contributed by atoms with Gasteiger partial charge in [0.25, 0.3) is 0 Å². The third-order valence-corrected chi connectivity index (χ3v) is 7.27. The number of benzene rings is 5. The van der Waals surface area contributed by atoms with Crippen LogP contribution in [0.2, 0.25) is 0 Å². The summed E-state index contributed by atoms with van der Waals surface area (Å²) in [4.78, 5) is 2.29. The Hall–Kier alpha value is -5.08. The molecule has 0 atom stereocenters. The van der Waals surface area contributed by atoms with Gasteiger partial charge in [0.15, 0.2) is 0 Å². The Morgan fingerprint density at radius 3 is 1.38 bits per heavy atom. The molecular formula is C38H32N2. The quantitative estimate of drug-likeness (QED) is 0.195. The van der Waals surface area contributed by atoms with E-state index in [0.29, 0.717) is 0 Å². The average molecular weight is 517 g/mol. The molecule has 0 unspecified atom stereocenters. The van der Waals surface area contributed by atoms with Gasteiger partial charge in [0, 0.05) is 52.9 Å². The molecule has 0 aliphatic carbocycles. The van der Waals surface area contributed by atoms with E-state index in [9.17, 15) is 0 Å². The molecule has 1 heterocycles. The van der Waals surface area contributed by atoms with Gasteiger partial charge in [0.05, 0.1) is 0 Å². The minimum absolute atomic E-state index is 0.949. The first-order chi connectivity index (χ1) is 19.8. The summed E-state index contributed by atoms with van der Waals surface area (Å²) in [6.07, 6.45) is 6.71. The standard InChI is InChI=1S/C38H32N2/c1-2-39-26-25-34-27-35(23-24-38(34)39)40(28-36(30-15-7-3-8-16-30)31-17-9-4-10-18-31)29-37(32-19-11-5-12-20-32)33-21-13-6-14-22-33/h3-29H,2H2,1H3. The predicted molar refractivity (Wildman–Crippen MR) is 170 cm³/mol. The monoisotopic (exact) mass is 516 g/mol. The van der Waals surface area contributed by atoms with Crippen molar-refractivity contribution in [2.24, 2.45) is 0 Å². The molecule has 194 valence electrons. The van der Waals surface area contributed by atoms with Gasteiger partial charge in [0.2, 0.25) is 0 Å². The maximum absolute atomic E-state index is 2.29. The van der Waals surface area contributed by atoms with Crippen molar-refractivity contribution in [3.05, 3.63) is 186 Å². The number of hydrogen-bond donors (Lipinski definition) is 0. The first-order valence-electron chi connectivity index (χ1n) is 13.8. The molecule has 6 rings (SSSR count). The number of aryl methyl sites for hydroxylation is 1. The first kappa shape index (κ1) is 25.2. The van der Waals surface area contributed by atoms with Crippen molar-refractivity contribution in [2.45, 2.75) is 13.5 Å². The normalized spacial score (nSPS) is 10.7. The van der Waals surface area contributed by atoms with Crippen LogP contribution in [0.25, 0.3) is 22.0 Å². The zero-order chi connectivity index (χ0) is 27.1. The van der Waals surface area contributed by atoms with Gasteiger partial charge in [0.1, 0.15) is 0 Å². The lowest BCUT2D eigenvalue weighted by Gasteiger charge is -2.22. The summed E-state index contributed by atoms with van der Waals surface area (Å²) in [5.74, 6) is 0. The van der Waals surface area contributed by atoms with Gasteiger partial charge in [-0.25, -0.2) is 0 Å². The van der Waals surface area contributed by atoms with Gasteiger partial charge >= 0.3 is 0 Å². The molecule has 6 aromatic rings. The molecule has 0 spiro atoms. The molecule has 1 aromatic heterocycles. The van der Waals surface area contributed by atoms with Gasteiger partial charge < -0.3 is 9.47 Å². The molecule has 5 aromatic carbocycles. The Morgan fingerprint density at radius 2 is 0.975 bits per heavy atom. The number of rotatable bonds is 8. The molecule has 0 fully saturated rings. The second kappa shape index (κ2) is 11.8. The van der Waals surface area contributed by atoms with Crippen LogP contribution in [0.3, 0.4) is 0 Å². The number of aromatic nitrogens is 1. The predicted octanol–water partition coefficient (Wildman–Crippen LogP) is 9.65. The SMILES string of the molecule is CCn1ccc2cc(N(C=C(c3ccccc3)c3ccccc3)C=C(c3ccccc3)c3ccccc3)ccc21. The Kier molecular flexibility index (Phi) is 7.41. The zero-order valence-corrected chi connectivity index (χ0v) is 22.7. The third-order valence-electron chi connectivity index (χ3n) is 7.27. The number of fused-ring (bicyclic) bond motifs is 1. The molecule has 0 saturated heterocycles. The van der Waals surface area contributed by atoms with E-state index < -0.39 is 0 Å². The molecule has 0 radical (unpaired) electrons. The minimum Gasteiger partial charge on any atom is -0.348 e. The summed E-state index contributed by atoms with van der Waals surface area (Å²) in [5.41, 5.74) is 9.36. The second-order valence-corrected chi connectivity index (χ2v) is 9.80. The third kappa shape index (κ3) is 5.39. The summed E-state index contributed by atoms with van der Waals surface area (Å²) in [6, 6.07) is 51.5. The van der Waals surface area contributed by atoms with Crippen molar-refractivity contribution >= 4 is 27.7 Å². The van der Waals surface area contributed by atoms with E-state index in [4.69, 9.17) is 0 Å². The fourth-order valence-electron chi connectivity index (χ4n) is 5.19. The molecular weight excluding hydrogens is 484 g/mol. The topological polar surface area (TPSA) is 8.17 Å². The van der Waals surface area contributed by atoms with Crippen molar-refractivity contribution < 1.29 is 0 Å². The van der Waals surface area contributed by atoms with Crippen molar-refractivity contribution in [3.8, 4) is 0 Å². The molecule has 0 aliphatic rings. The van der Waals surface area contributed by atoms with Crippen LogP contribution in [-0.4, -0.2) is 4.57 Å². The molecule has 0 saturated carbocycles. The van der Waals surface area contributed by atoms with Gasteiger partial charge in [-0.05, 0) is 53.4 Å². The lowest BCUT2D eigenvalue weighted by Crippen LogP contribution is -2.11. The largest absolute Gasteiger partial charge is 0.348 e. The summed E-state index contributed by atoms with van der Waals surface area (Å²) < 4.78 is 2.29. The Bertz CT molecular complexity index is 1570. The Balaban J connectivity index is 1.60. The summed E-state index contributed by atoms with van der Waals surface area (Å²) in [5, 5.41) is 1.23. The van der Waals surface area contributed by atoms with E-state index in [1.54, 1.807) is 0 Å². The molecule has 2 heteroatoms. The molecule has 0 bridgehead atoms. The fourth-order valence-corrected chi connectivity index (χ4v) is 5.19. The van der Waals surface area contributed by atoms with Crippen LogP contribution in [-0.2, 0) is 6.54 Å². The first-order valence-corrected chi connectivity index (χ1v) is 13.8. The minimum atomic E-state index is 0.949. The van der Waals surface area contributed by atoms with E-state index in [1.165, 1.54) is 33.2 Å². The Labute approximate surface area is 236 Å². The highest BCUT2D eigenvalue weighted by atomic mass is 15.1. The highest BCUT2D eigenvalue weighted by Gasteiger charge is 2.13. The number of nitrogens with zero attached hydrogens (tertiary/aromatic N) is 2. The van der Waals surface area contributed by atoms with Gasteiger partial charge in [-0.2, -0.15) is 0 Å². The van der Waals surface area contributed by atoms with Crippen molar-refractivity contribution in [1.82, 2.24) is 4.57 Å². The maximum Gasteiger partial charge on any atom is 0.0481 e. The van der Waals surface area contributed by atoms with Gasteiger partial charge in [-0.1, -0.05) is 121 Å². The van der Waals surface area contributed by atoms with Crippen LogP contribution in [0.1, 0.15) is 29.2 Å². The van der Waals surface area contributed by atoms with E-state index >= 15 is 0 Å². The summed E-state index contributed by atoms with van der Waals surface area (Å²) in [7, 11) is 0. The van der Waals surface area contributed by atoms with Gasteiger partial charge in [-0.3, -0.25) is 0 Å². The van der Waals surface area contributed by atoms with Crippen LogP contribution in [0.4, 0.5) is 5.69 Å². The van der Waals surface area contributed by atoms with Crippen LogP contribution >= 0.6 is 0 Å². The van der Waals surface area contributed by atoms with Crippen LogP contribution in [0.5, 0.6) is 0 Å². The van der Waals surface area contributed by atoms with E-state index in [-0.39, 0.29) is 0 Å². The number of hydrogen-bond acceptors (Lipinski definition) is 1. The molecule has 0 amide bonds. The fraction of sp³-hybridized carbons (Fsp3) is 0.0526. The van der Waals surface area contributed by atoms with Crippen LogP contribution < -0.4 is 4.90 Å². The van der Waals surface area contributed by atoms with Crippen molar-refractivity contribution in [1.29, 1.82) is 0 Å². The zero-order valence-electron chi connectivity index (χ0n) is 22.7. The Morgan fingerprint density at radius 1 is 0.550 bits per heavy atom. The van der Waals surface area contributed by atoms with Gasteiger partial charge in [-0.15, -0.1) is 0 Å². The maximum atomic E-state index is 2.29. The van der Waals surface area contributed by atoms with E-state index in [1.807, 2.05) is 0 Å². The number of anilines is 1. The highest BCUT2D eigenvalue weighted by Crippen LogP contribution is 2.32. The average Bonchev–Trinajstić information content (AvgIpc) is 3.45. The smallest absolute Gasteiger partial charge is 0.0481 e. The molecule has 2 nitrogen and oxygen atoms in total. The molecule has 0 aliphatic heterocycles. The summed E-state index contributed by atoms with van der Waals surface area (Å²) >= 11 is 0. The lowest BCUT2D eigenvalue weighted by molar-refractivity contribution is 0.797. The highest BCUT2D eigenvalue weighted by molar-refractivity contribution is 5.89. The molecule has 0 N–H and O–H groups in total. The van der Waals surface area contributed by atoms with Crippen molar-refractivity contribution in [3.63, 3.8) is 0 Å². The summed E-state index contributed by atoms with van der Waals surface area (Å²) in [6.45, 7) is 3.13. The van der Waals surface area contributed by atoms with Crippen LogP contribution in [0, 0.1) is 0 Å². The van der Waals surface area contributed by atoms with E-state index in [2.05, 4.69) is 181 Å². The lowest BCUT2D eigenvalue weighted by atomic mass is 9.97. The van der Waals surface area contributed by atoms with Crippen molar-refractivity contribution in [2.75, 3.05) is 4.90 Å². The molecule has 40 heavy (non-hydrogen) atoms. The second-order valence-electron chi connectivity index (χ2n) is 9.80. The van der Waals surface area contributed by atoms with E-state index in [0.717, 1.165) is 23.4 Å².